The molecule has 5 nitrogen and oxygen atoms in total. The van der Waals surface area contributed by atoms with Gasteiger partial charge in [0.2, 0.25) is 0 Å². The standard InChI is InChI=1S/C26H28N2O3/c1-18-15-21(19-9-5-4-6-10-19)16-23(27-18)20-11-8-14-28(17-20)26(29)22-12-7-13-24(30-2)25(22)31-3/h4-7,9-10,12-13,15-16,20H,8,11,14,17H2,1-3H3/t20-/m0/s1. The minimum Gasteiger partial charge on any atom is -0.493 e. The van der Waals surface area contributed by atoms with Crippen LogP contribution in [0.3, 0.4) is 0 Å². The van der Waals surface area contributed by atoms with Crippen LogP contribution in [0.4, 0.5) is 0 Å². The maximum absolute atomic E-state index is 13.3. The first kappa shape index (κ1) is 20.9. The molecule has 1 aliphatic rings. The van der Waals surface area contributed by atoms with Crippen LogP contribution in [-0.2, 0) is 0 Å². The number of amides is 1. The molecular weight excluding hydrogens is 388 g/mol. The van der Waals surface area contributed by atoms with E-state index in [1.165, 1.54) is 11.1 Å². The second kappa shape index (κ2) is 9.21. The van der Waals surface area contributed by atoms with Gasteiger partial charge >= 0.3 is 0 Å². The second-order valence-corrected chi connectivity index (χ2v) is 7.92. The highest BCUT2D eigenvalue weighted by molar-refractivity contribution is 5.98. The predicted molar refractivity (Wildman–Crippen MR) is 122 cm³/mol. The van der Waals surface area contributed by atoms with Gasteiger partial charge in [-0.15, -0.1) is 0 Å². The monoisotopic (exact) mass is 416 g/mol. The Morgan fingerprint density at radius 3 is 2.55 bits per heavy atom. The van der Waals surface area contributed by atoms with Crippen molar-refractivity contribution >= 4 is 5.91 Å². The van der Waals surface area contributed by atoms with Gasteiger partial charge < -0.3 is 14.4 Å². The van der Waals surface area contributed by atoms with Crippen molar-refractivity contribution in [1.82, 2.24) is 9.88 Å². The van der Waals surface area contributed by atoms with Crippen LogP contribution in [0, 0.1) is 6.92 Å². The number of likely N-dealkylation sites (tertiary alicyclic amines) is 1. The number of methoxy groups -OCH3 is 2. The number of aryl methyl sites for hydroxylation is 1. The molecule has 1 atom stereocenters. The van der Waals surface area contributed by atoms with E-state index >= 15 is 0 Å². The molecule has 0 radical (unpaired) electrons. The lowest BCUT2D eigenvalue weighted by Crippen LogP contribution is -2.39. The van der Waals surface area contributed by atoms with Crippen LogP contribution in [0.15, 0.2) is 60.7 Å². The molecule has 0 bridgehead atoms. The number of pyridine rings is 1. The fraction of sp³-hybridized carbons (Fsp3) is 0.308. The van der Waals surface area contributed by atoms with Crippen molar-refractivity contribution < 1.29 is 14.3 Å². The van der Waals surface area contributed by atoms with E-state index in [2.05, 4.69) is 24.3 Å². The zero-order valence-electron chi connectivity index (χ0n) is 18.3. The van der Waals surface area contributed by atoms with Gasteiger partial charge in [-0.3, -0.25) is 9.78 Å². The van der Waals surface area contributed by atoms with Gasteiger partial charge in [0.15, 0.2) is 11.5 Å². The number of ether oxygens (including phenoxy) is 2. The number of benzene rings is 2. The van der Waals surface area contributed by atoms with Crippen molar-refractivity contribution in [3.8, 4) is 22.6 Å². The Morgan fingerprint density at radius 1 is 1.00 bits per heavy atom. The number of para-hydroxylation sites is 1. The predicted octanol–water partition coefficient (Wildman–Crippen LogP) is 5.09. The number of hydrogen-bond donors (Lipinski definition) is 0. The molecule has 1 amide bonds. The van der Waals surface area contributed by atoms with Gasteiger partial charge in [-0.2, -0.15) is 0 Å². The van der Waals surface area contributed by atoms with E-state index in [4.69, 9.17) is 14.5 Å². The van der Waals surface area contributed by atoms with E-state index in [1.807, 2.05) is 36.1 Å². The van der Waals surface area contributed by atoms with Crippen molar-refractivity contribution in [3.63, 3.8) is 0 Å². The summed E-state index contributed by atoms with van der Waals surface area (Å²) in [5.41, 5.74) is 4.92. The molecule has 2 aromatic carbocycles. The Kier molecular flexibility index (Phi) is 6.21. The molecule has 160 valence electrons. The number of nitrogens with zero attached hydrogens (tertiary/aromatic N) is 2. The van der Waals surface area contributed by atoms with Crippen molar-refractivity contribution in [1.29, 1.82) is 0 Å². The number of carbonyl (C=O) groups is 1. The van der Waals surface area contributed by atoms with Gasteiger partial charge in [0.25, 0.3) is 5.91 Å². The minimum atomic E-state index is -0.0311. The number of carbonyl (C=O) groups excluding carboxylic acids is 1. The first-order valence-corrected chi connectivity index (χ1v) is 10.6. The van der Waals surface area contributed by atoms with Crippen LogP contribution in [0.25, 0.3) is 11.1 Å². The third-order valence-corrected chi connectivity index (χ3v) is 5.84. The van der Waals surface area contributed by atoms with E-state index < -0.39 is 0 Å². The molecule has 4 rings (SSSR count). The average Bonchev–Trinajstić information content (AvgIpc) is 2.83. The normalized spacial score (nSPS) is 16.1. The maximum atomic E-state index is 13.3. The van der Waals surface area contributed by atoms with Crippen LogP contribution in [0.2, 0.25) is 0 Å². The van der Waals surface area contributed by atoms with Crippen molar-refractivity contribution in [3.05, 3.63) is 77.6 Å². The maximum Gasteiger partial charge on any atom is 0.257 e. The van der Waals surface area contributed by atoms with Crippen molar-refractivity contribution in [2.24, 2.45) is 0 Å². The van der Waals surface area contributed by atoms with Crippen LogP contribution in [-0.4, -0.2) is 43.1 Å². The SMILES string of the molecule is COc1cccc(C(=O)N2CCC[C@H](c3cc(-c4ccccc4)cc(C)n3)C2)c1OC. The molecule has 2 heterocycles. The number of aromatic nitrogens is 1. The molecule has 1 saturated heterocycles. The van der Waals surface area contributed by atoms with Gasteiger partial charge in [-0.25, -0.2) is 0 Å². The number of hydrogen-bond acceptors (Lipinski definition) is 4. The summed E-state index contributed by atoms with van der Waals surface area (Å²) in [7, 11) is 3.15. The van der Waals surface area contributed by atoms with Crippen LogP contribution >= 0.6 is 0 Å². The number of rotatable bonds is 5. The fourth-order valence-electron chi connectivity index (χ4n) is 4.33. The summed E-state index contributed by atoms with van der Waals surface area (Å²) in [5.74, 6) is 1.22. The van der Waals surface area contributed by atoms with Gasteiger partial charge in [-0.05, 0) is 55.2 Å². The van der Waals surface area contributed by atoms with Crippen LogP contribution < -0.4 is 9.47 Å². The molecule has 0 aliphatic carbocycles. The Bertz CT molecular complexity index is 1070. The molecule has 5 heteroatoms. The topological polar surface area (TPSA) is 51.7 Å². The van der Waals surface area contributed by atoms with Crippen molar-refractivity contribution in [2.45, 2.75) is 25.7 Å². The minimum absolute atomic E-state index is 0.0311. The Morgan fingerprint density at radius 2 is 1.81 bits per heavy atom. The quantitative estimate of drug-likeness (QED) is 0.581. The molecule has 1 fully saturated rings. The molecule has 0 N–H and O–H groups in total. The summed E-state index contributed by atoms with van der Waals surface area (Å²) >= 11 is 0. The summed E-state index contributed by atoms with van der Waals surface area (Å²) in [4.78, 5) is 20.1. The molecular formula is C26H28N2O3. The zero-order valence-corrected chi connectivity index (χ0v) is 18.3. The Labute approximate surface area is 183 Å². The fourth-order valence-corrected chi connectivity index (χ4v) is 4.33. The van der Waals surface area contributed by atoms with E-state index in [1.54, 1.807) is 26.4 Å². The van der Waals surface area contributed by atoms with Gasteiger partial charge in [0, 0.05) is 30.4 Å². The summed E-state index contributed by atoms with van der Waals surface area (Å²) in [6, 6.07) is 20.1. The first-order chi connectivity index (χ1) is 15.1. The third-order valence-electron chi connectivity index (χ3n) is 5.84. The lowest BCUT2D eigenvalue weighted by molar-refractivity contribution is 0.0702. The summed E-state index contributed by atoms with van der Waals surface area (Å²) in [5, 5.41) is 0. The van der Waals surface area contributed by atoms with E-state index in [9.17, 15) is 4.79 Å². The Balaban J connectivity index is 1.60. The second-order valence-electron chi connectivity index (χ2n) is 7.92. The summed E-state index contributed by atoms with van der Waals surface area (Å²) < 4.78 is 10.9. The van der Waals surface area contributed by atoms with E-state index in [0.717, 1.165) is 30.8 Å². The molecule has 0 unspecified atom stereocenters. The molecule has 3 aromatic rings. The zero-order chi connectivity index (χ0) is 21.8. The molecule has 0 saturated carbocycles. The lowest BCUT2D eigenvalue weighted by atomic mass is 9.91. The van der Waals surface area contributed by atoms with E-state index in [0.29, 0.717) is 23.6 Å². The van der Waals surface area contributed by atoms with Crippen LogP contribution in [0.5, 0.6) is 11.5 Å². The molecule has 1 aliphatic heterocycles. The average molecular weight is 417 g/mol. The summed E-state index contributed by atoms with van der Waals surface area (Å²) in [6.07, 6.45) is 1.96. The van der Waals surface area contributed by atoms with Crippen LogP contribution in [0.1, 0.15) is 40.5 Å². The third kappa shape index (κ3) is 4.41. The highest BCUT2D eigenvalue weighted by Crippen LogP contribution is 2.34. The lowest BCUT2D eigenvalue weighted by Gasteiger charge is -2.33. The molecule has 0 spiro atoms. The molecule has 1 aromatic heterocycles. The van der Waals surface area contributed by atoms with Gasteiger partial charge in [-0.1, -0.05) is 36.4 Å². The first-order valence-electron chi connectivity index (χ1n) is 10.6. The van der Waals surface area contributed by atoms with Gasteiger partial charge in [0.05, 0.1) is 19.8 Å². The Hall–Kier alpha value is -3.34. The highest BCUT2D eigenvalue weighted by atomic mass is 16.5. The largest absolute Gasteiger partial charge is 0.493 e. The van der Waals surface area contributed by atoms with E-state index in [-0.39, 0.29) is 11.8 Å². The number of piperidine rings is 1. The smallest absolute Gasteiger partial charge is 0.257 e. The molecule has 31 heavy (non-hydrogen) atoms. The highest BCUT2D eigenvalue weighted by Gasteiger charge is 2.29. The summed E-state index contributed by atoms with van der Waals surface area (Å²) in [6.45, 7) is 3.40. The van der Waals surface area contributed by atoms with Gasteiger partial charge in [0.1, 0.15) is 0 Å². The van der Waals surface area contributed by atoms with Crippen molar-refractivity contribution in [2.75, 3.05) is 27.3 Å².